The number of benzene rings is 3. The van der Waals surface area contributed by atoms with Gasteiger partial charge < -0.3 is 14.6 Å². The predicted molar refractivity (Wildman–Crippen MR) is 144 cm³/mol. The van der Waals surface area contributed by atoms with Crippen LogP contribution >= 0.6 is 0 Å². The van der Waals surface area contributed by atoms with Crippen LogP contribution in [0.25, 0.3) is 22.2 Å². The summed E-state index contributed by atoms with van der Waals surface area (Å²) < 4.78 is 7.40. The van der Waals surface area contributed by atoms with Gasteiger partial charge in [-0.05, 0) is 65.8 Å². The normalized spacial score (nSPS) is 13.0. The Morgan fingerprint density at radius 1 is 0.972 bits per heavy atom. The summed E-state index contributed by atoms with van der Waals surface area (Å²) in [6.45, 7) is 0.776. The van der Waals surface area contributed by atoms with E-state index in [1.807, 2.05) is 30.5 Å². The summed E-state index contributed by atoms with van der Waals surface area (Å²) in [5.74, 6) is 0.638. The Bertz CT molecular complexity index is 1540. The molecule has 1 aliphatic carbocycles. The molecule has 178 valence electrons. The van der Waals surface area contributed by atoms with Gasteiger partial charge in [0.05, 0.1) is 7.11 Å². The number of rotatable bonds is 7. The van der Waals surface area contributed by atoms with Crippen LogP contribution in [0.5, 0.6) is 0 Å². The van der Waals surface area contributed by atoms with Crippen molar-refractivity contribution in [2.75, 3.05) is 12.4 Å². The molecule has 5 nitrogen and oxygen atoms in total. The molecule has 0 radical (unpaired) electrons. The number of esters is 1. The van der Waals surface area contributed by atoms with E-state index in [4.69, 9.17) is 4.74 Å². The lowest BCUT2D eigenvalue weighted by Crippen LogP contribution is -2.08. The number of aromatic nitrogens is 2. The van der Waals surface area contributed by atoms with Crippen molar-refractivity contribution < 1.29 is 9.53 Å². The molecule has 0 amide bonds. The maximum Gasteiger partial charge on any atom is 0.341 e. The van der Waals surface area contributed by atoms with Gasteiger partial charge in [0.15, 0.2) is 0 Å². The van der Waals surface area contributed by atoms with E-state index in [0.717, 1.165) is 47.2 Å². The van der Waals surface area contributed by atoms with Crippen molar-refractivity contribution in [3.8, 4) is 11.3 Å². The number of carbonyl (C=O) groups excluding carboxylic acids is 1. The maximum absolute atomic E-state index is 12.5. The Hall–Kier alpha value is -4.38. The number of pyridine rings is 1. The van der Waals surface area contributed by atoms with Crippen molar-refractivity contribution in [2.45, 2.75) is 25.3 Å². The average molecular weight is 474 g/mol. The summed E-state index contributed by atoms with van der Waals surface area (Å²) in [5, 5.41) is 4.48. The first-order valence-electron chi connectivity index (χ1n) is 12.3. The summed E-state index contributed by atoms with van der Waals surface area (Å²) in [5.41, 5.74) is 7.16. The molecule has 1 N–H and O–H groups in total. The van der Waals surface area contributed by atoms with E-state index in [1.54, 1.807) is 0 Å². The molecule has 6 rings (SSSR count). The lowest BCUT2D eigenvalue weighted by atomic mass is 10.1. The first-order valence-corrected chi connectivity index (χ1v) is 12.3. The SMILES string of the molecule is COC(=O)c1cc(C2CC2)cnc1Nc1ccc2c(c1)cc(-c1ccccc1)n2Cc1ccccc1. The van der Waals surface area contributed by atoms with Crippen LogP contribution < -0.4 is 5.32 Å². The van der Waals surface area contributed by atoms with Gasteiger partial charge in [-0.25, -0.2) is 9.78 Å². The van der Waals surface area contributed by atoms with E-state index in [2.05, 4.69) is 81.6 Å². The monoisotopic (exact) mass is 473 g/mol. The average Bonchev–Trinajstić information content (AvgIpc) is 3.72. The minimum atomic E-state index is -0.381. The largest absolute Gasteiger partial charge is 0.465 e. The fourth-order valence-corrected chi connectivity index (χ4v) is 4.76. The van der Waals surface area contributed by atoms with Gasteiger partial charge >= 0.3 is 5.97 Å². The Morgan fingerprint density at radius 3 is 2.44 bits per heavy atom. The molecule has 36 heavy (non-hydrogen) atoms. The number of carbonyl (C=O) groups is 1. The van der Waals surface area contributed by atoms with E-state index >= 15 is 0 Å². The quantitative estimate of drug-likeness (QED) is 0.255. The number of nitrogens with one attached hydrogen (secondary N) is 1. The molecule has 0 spiro atoms. The maximum atomic E-state index is 12.5. The molecule has 1 fully saturated rings. The summed E-state index contributed by atoms with van der Waals surface area (Å²) >= 11 is 0. The number of ether oxygens (including phenoxy) is 1. The molecule has 0 aliphatic heterocycles. The molecule has 2 aromatic heterocycles. The predicted octanol–water partition coefficient (Wildman–Crippen LogP) is 7.16. The van der Waals surface area contributed by atoms with Crippen LogP contribution in [0, 0.1) is 0 Å². The Kier molecular flexibility index (Phi) is 5.74. The van der Waals surface area contributed by atoms with Gasteiger partial charge in [0.2, 0.25) is 0 Å². The fourth-order valence-electron chi connectivity index (χ4n) is 4.76. The van der Waals surface area contributed by atoms with Crippen LogP contribution in [0.4, 0.5) is 11.5 Å². The van der Waals surface area contributed by atoms with E-state index < -0.39 is 0 Å². The molecule has 3 aromatic carbocycles. The molecule has 1 saturated carbocycles. The first kappa shape index (κ1) is 22.1. The van der Waals surface area contributed by atoms with Gasteiger partial charge in [-0.15, -0.1) is 0 Å². The van der Waals surface area contributed by atoms with E-state index in [0.29, 0.717) is 17.3 Å². The van der Waals surface area contributed by atoms with Crippen LogP contribution in [0.3, 0.4) is 0 Å². The number of methoxy groups -OCH3 is 1. The van der Waals surface area contributed by atoms with Crippen molar-refractivity contribution in [1.82, 2.24) is 9.55 Å². The number of nitrogens with zero attached hydrogens (tertiary/aromatic N) is 2. The van der Waals surface area contributed by atoms with Crippen LogP contribution in [-0.4, -0.2) is 22.6 Å². The Morgan fingerprint density at radius 2 is 1.72 bits per heavy atom. The minimum Gasteiger partial charge on any atom is -0.465 e. The Balaban J connectivity index is 1.40. The van der Waals surface area contributed by atoms with Gasteiger partial charge in [-0.2, -0.15) is 0 Å². The van der Waals surface area contributed by atoms with Crippen LogP contribution in [-0.2, 0) is 11.3 Å². The molecule has 0 unspecified atom stereocenters. The number of fused-ring (bicyclic) bond motifs is 1. The minimum absolute atomic E-state index is 0.381. The van der Waals surface area contributed by atoms with E-state index in [1.165, 1.54) is 18.2 Å². The second-order valence-electron chi connectivity index (χ2n) is 9.30. The molecule has 1 aliphatic rings. The highest BCUT2D eigenvalue weighted by molar-refractivity contribution is 5.96. The standard InChI is InChI=1S/C31H27N3O2/c1-36-31(35)27-17-25(22-12-13-22)19-32-30(27)33-26-14-15-28-24(16-26)18-29(23-10-6-3-7-11-23)34(28)20-21-8-4-2-5-9-21/h2-11,14-19,22H,12-13,20H2,1H3,(H,32,33). The lowest BCUT2D eigenvalue weighted by molar-refractivity contribution is 0.0601. The highest BCUT2D eigenvalue weighted by Gasteiger charge is 2.26. The van der Waals surface area contributed by atoms with Crippen molar-refractivity contribution in [1.29, 1.82) is 0 Å². The molecule has 0 bridgehead atoms. The molecule has 0 saturated heterocycles. The first-order chi connectivity index (χ1) is 17.7. The van der Waals surface area contributed by atoms with Gasteiger partial charge in [0.1, 0.15) is 11.4 Å². The topological polar surface area (TPSA) is 56.1 Å². The van der Waals surface area contributed by atoms with Gasteiger partial charge in [0, 0.05) is 35.0 Å². The summed E-state index contributed by atoms with van der Waals surface area (Å²) in [4.78, 5) is 17.1. The Labute approximate surface area is 210 Å². The number of hydrogen-bond donors (Lipinski definition) is 1. The van der Waals surface area contributed by atoms with E-state index in [-0.39, 0.29) is 5.97 Å². The van der Waals surface area contributed by atoms with Gasteiger partial charge in [0.25, 0.3) is 0 Å². The van der Waals surface area contributed by atoms with Crippen molar-refractivity contribution in [3.63, 3.8) is 0 Å². The number of hydrogen-bond acceptors (Lipinski definition) is 4. The van der Waals surface area contributed by atoms with Crippen molar-refractivity contribution >= 4 is 28.4 Å². The highest BCUT2D eigenvalue weighted by atomic mass is 16.5. The number of anilines is 2. The smallest absolute Gasteiger partial charge is 0.341 e. The molecule has 0 atom stereocenters. The summed E-state index contributed by atoms with van der Waals surface area (Å²) in [7, 11) is 1.41. The molecular formula is C31H27N3O2. The molecule has 5 aromatic rings. The molecule has 2 heterocycles. The highest BCUT2D eigenvalue weighted by Crippen LogP contribution is 2.41. The zero-order chi connectivity index (χ0) is 24.5. The van der Waals surface area contributed by atoms with Crippen LogP contribution in [0.1, 0.15) is 40.2 Å². The molecule has 5 heteroatoms. The van der Waals surface area contributed by atoms with Gasteiger partial charge in [-0.3, -0.25) is 0 Å². The fraction of sp³-hybridized carbons (Fsp3) is 0.161. The third-order valence-corrected chi connectivity index (χ3v) is 6.78. The van der Waals surface area contributed by atoms with Crippen LogP contribution in [0.2, 0.25) is 0 Å². The third-order valence-electron chi connectivity index (χ3n) is 6.78. The van der Waals surface area contributed by atoms with Crippen LogP contribution in [0.15, 0.2) is 97.2 Å². The molecular weight excluding hydrogens is 446 g/mol. The third kappa shape index (κ3) is 4.36. The van der Waals surface area contributed by atoms with Gasteiger partial charge in [-0.1, -0.05) is 60.7 Å². The zero-order valence-electron chi connectivity index (χ0n) is 20.1. The van der Waals surface area contributed by atoms with E-state index in [9.17, 15) is 4.79 Å². The zero-order valence-corrected chi connectivity index (χ0v) is 20.1. The second kappa shape index (κ2) is 9.34. The summed E-state index contributed by atoms with van der Waals surface area (Å²) in [6.07, 6.45) is 4.17. The van der Waals surface area contributed by atoms with Crippen molar-refractivity contribution in [2.24, 2.45) is 0 Å². The second-order valence-corrected chi connectivity index (χ2v) is 9.30. The summed E-state index contributed by atoms with van der Waals surface area (Å²) in [6, 6.07) is 31.4. The lowest BCUT2D eigenvalue weighted by Gasteiger charge is -2.13. The van der Waals surface area contributed by atoms with Crippen molar-refractivity contribution in [3.05, 3.63) is 114 Å².